The largest absolute Gasteiger partial charge is 0.496 e. The van der Waals surface area contributed by atoms with E-state index >= 15 is 0 Å². The van der Waals surface area contributed by atoms with E-state index in [2.05, 4.69) is 41.5 Å². The first-order chi connectivity index (χ1) is 24.7. The molecule has 6 aromatic rings. The van der Waals surface area contributed by atoms with Crippen LogP contribution < -0.4 is 15.8 Å². The molecule has 2 aliphatic carbocycles. The molecule has 11 heteroatoms. The Morgan fingerprint density at radius 1 is 1.08 bits per heavy atom. The number of nitrogens with two attached hydrogens (primary N) is 1. The number of aromatic nitrogens is 4. The number of rotatable bonds is 10. The van der Waals surface area contributed by atoms with E-state index in [0.717, 1.165) is 69.0 Å². The second-order valence-corrected chi connectivity index (χ2v) is 15.0. The number of carbonyl (C=O) groups excluding carboxylic acids is 1. The Hall–Kier alpha value is -5.16. The van der Waals surface area contributed by atoms with E-state index in [1.165, 1.54) is 17.2 Å². The number of benzene rings is 2. The number of anilines is 1. The lowest BCUT2D eigenvalue weighted by Crippen LogP contribution is -2.20. The lowest BCUT2D eigenvalue weighted by molar-refractivity contribution is 0.0999. The molecular formula is C40H39FN6O3S. The number of methoxy groups -OCH3 is 1. The lowest BCUT2D eigenvalue weighted by Gasteiger charge is -2.21. The minimum absolute atomic E-state index is 0.0739. The van der Waals surface area contributed by atoms with Gasteiger partial charge in [-0.25, -0.2) is 9.37 Å². The van der Waals surface area contributed by atoms with E-state index in [-0.39, 0.29) is 29.6 Å². The summed E-state index contributed by atoms with van der Waals surface area (Å²) in [5, 5.41) is 13.4. The van der Waals surface area contributed by atoms with Crippen molar-refractivity contribution < 1.29 is 18.3 Å². The molecule has 2 aliphatic rings. The van der Waals surface area contributed by atoms with E-state index in [1.54, 1.807) is 31.4 Å². The molecule has 2 aromatic carbocycles. The number of halogens is 1. The monoisotopic (exact) mass is 702 g/mol. The van der Waals surface area contributed by atoms with E-state index < -0.39 is 5.91 Å². The van der Waals surface area contributed by atoms with Gasteiger partial charge in [0.25, 0.3) is 5.91 Å². The Morgan fingerprint density at radius 2 is 1.94 bits per heavy atom. The number of carbonyl (C=O) groups is 1. The third-order valence-electron chi connectivity index (χ3n) is 10.1. The van der Waals surface area contributed by atoms with Gasteiger partial charge in [-0.05, 0) is 108 Å². The predicted octanol–water partition coefficient (Wildman–Crippen LogP) is 8.53. The fourth-order valence-electron chi connectivity index (χ4n) is 7.95. The van der Waals surface area contributed by atoms with Crippen LogP contribution in [0.3, 0.4) is 0 Å². The summed E-state index contributed by atoms with van der Waals surface area (Å²) < 4.78 is 26.9. The van der Waals surface area contributed by atoms with Gasteiger partial charge in [-0.1, -0.05) is 32.0 Å². The second-order valence-electron chi connectivity index (χ2n) is 14.0. The molecule has 0 spiro atoms. The van der Waals surface area contributed by atoms with Crippen LogP contribution in [0, 0.1) is 18.7 Å². The molecule has 9 nitrogen and oxygen atoms in total. The third kappa shape index (κ3) is 6.03. The maximum absolute atomic E-state index is 14.2. The van der Waals surface area contributed by atoms with Crippen LogP contribution in [0.15, 0.2) is 59.1 Å². The standard InChI is InChI=1S/C40H39FN6O3S/c1-20(2)16-30-34(38(42)48)36(35(40-47-46-21(3)50-40)31(44-30)18-23-9-8-22-17-25(41)10-11-26(22)23)33-19-24-14-15-43-39(37(24)51-33)45-29-13-12-28-27(29)6-5-7-32(28)49-4/h5-7,10-11,14-15,17,19-20,23,29H,8-9,12-13,16,18H2,1-4H3,(H2,42,48)(H,43,45)/t23-,29+/m1/s1. The number of hydrogen-bond acceptors (Lipinski definition) is 9. The van der Waals surface area contributed by atoms with Crippen molar-refractivity contribution >= 4 is 33.1 Å². The van der Waals surface area contributed by atoms with Gasteiger partial charge in [0.15, 0.2) is 0 Å². The molecule has 0 saturated heterocycles. The van der Waals surface area contributed by atoms with Gasteiger partial charge in [0.1, 0.15) is 17.4 Å². The molecule has 2 atom stereocenters. The highest BCUT2D eigenvalue weighted by Crippen LogP contribution is 2.47. The maximum atomic E-state index is 14.2. The highest BCUT2D eigenvalue weighted by atomic mass is 32.1. The van der Waals surface area contributed by atoms with Crippen molar-refractivity contribution in [2.24, 2.45) is 11.7 Å². The first-order valence-electron chi connectivity index (χ1n) is 17.4. The van der Waals surface area contributed by atoms with Crippen molar-refractivity contribution in [3.8, 4) is 27.6 Å². The van der Waals surface area contributed by atoms with Gasteiger partial charge in [0.2, 0.25) is 11.8 Å². The Morgan fingerprint density at radius 3 is 2.71 bits per heavy atom. The Kier molecular flexibility index (Phi) is 8.54. The number of aryl methyl sites for hydroxylation is 2. The van der Waals surface area contributed by atoms with Gasteiger partial charge < -0.3 is 20.2 Å². The zero-order valence-corrected chi connectivity index (χ0v) is 29.9. The van der Waals surface area contributed by atoms with Gasteiger partial charge in [-0.15, -0.1) is 21.5 Å². The molecule has 8 rings (SSSR count). The van der Waals surface area contributed by atoms with Crippen molar-refractivity contribution in [2.75, 3.05) is 12.4 Å². The molecule has 0 radical (unpaired) electrons. The number of hydrogen-bond donors (Lipinski definition) is 2. The lowest BCUT2D eigenvalue weighted by atomic mass is 9.88. The summed E-state index contributed by atoms with van der Waals surface area (Å²) in [5.41, 5.74) is 13.8. The number of fused-ring (bicyclic) bond motifs is 3. The van der Waals surface area contributed by atoms with E-state index in [9.17, 15) is 9.18 Å². The molecule has 1 amide bonds. The molecule has 260 valence electrons. The third-order valence-corrected chi connectivity index (χ3v) is 11.3. The number of nitrogens with one attached hydrogen (secondary N) is 1. The summed E-state index contributed by atoms with van der Waals surface area (Å²) in [7, 11) is 1.71. The molecule has 51 heavy (non-hydrogen) atoms. The topological polar surface area (TPSA) is 129 Å². The van der Waals surface area contributed by atoms with Crippen LogP contribution in [0.25, 0.3) is 32.0 Å². The Bertz CT molecular complexity index is 2310. The van der Waals surface area contributed by atoms with Gasteiger partial charge in [-0.3, -0.25) is 9.78 Å². The van der Waals surface area contributed by atoms with Crippen molar-refractivity contribution in [1.82, 2.24) is 20.2 Å². The van der Waals surface area contributed by atoms with Crippen LogP contribution in [0.1, 0.15) is 88.5 Å². The fraction of sp³-hybridized carbons (Fsp3) is 0.325. The minimum Gasteiger partial charge on any atom is -0.496 e. The summed E-state index contributed by atoms with van der Waals surface area (Å²) in [6, 6.07) is 15.4. The normalized spacial score (nSPS) is 16.5. The van der Waals surface area contributed by atoms with Crippen LogP contribution in [-0.2, 0) is 25.7 Å². The highest BCUT2D eigenvalue weighted by Gasteiger charge is 2.33. The van der Waals surface area contributed by atoms with Crippen molar-refractivity contribution in [2.45, 2.75) is 71.3 Å². The zero-order valence-electron chi connectivity index (χ0n) is 29.0. The average molecular weight is 703 g/mol. The van der Waals surface area contributed by atoms with E-state index in [1.807, 2.05) is 30.5 Å². The van der Waals surface area contributed by atoms with Gasteiger partial charge in [-0.2, -0.15) is 0 Å². The van der Waals surface area contributed by atoms with Crippen LogP contribution in [0.5, 0.6) is 5.75 Å². The van der Waals surface area contributed by atoms with Crippen LogP contribution in [0.4, 0.5) is 10.2 Å². The molecule has 4 aromatic heterocycles. The fourth-order valence-corrected chi connectivity index (χ4v) is 9.11. The predicted molar refractivity (Wildman–Crippen MR) is 197 cm³/mol. The zero-order chi connectivity index (χ0) is 35.4. The molecule has 4 heterocycles. The van der Waals surface area contributed by atoms with Crippen LogP contribution in [-0.4, -0.2) is 33.2 Å². The minimum atomic E-state index is -0.565. The van der Waals surface area contributed by atoms with Crippen molar-refractivity contribution in [1.29, 1.82) is 0 Å². The Balaban J connectivity index is 1.30. The number of amides is 1. The van der Waals surface area contributed by atoms with E-state index in [0.29, 0.717) is 41.1 Å². The summed E-state index contributed by atoms with van der Waals surface area (Å²) in [4.78, 5) is 24.4. The number of nitrogens with zero attached hydrogens (tertiary/aromatic N) is 4. The van der Waals surface area contributed by atoms with Crippen molar-refractivity contribution in [3.63, 3.8) is 0 Å². The van der Waals surface area contributed by atoms with Gasteiger partial charge in [0, 0.05) is 23.6 Å². The molecule has 3 N–H and O–H groups in total. The molecule has 0 saturated carbocycles. The molecule has 0 aliphatic heterocycles. The number of primary amides is 1. The Labute approximate surface area is 299 Å². The highest BCUT2D eigenvalue weighted by molar-refractivity contribution is 7.23. The summed E-state index contributed by atoms with van der Waals surface area (Å²) in [6.07, 6.45) is 6.39. The maximum Gasteiger partial charge on any atom is 0.251 e. The molecule has 0 fully saturated rings. The van der Waals surface area contributed by atoms with Gasteiger partial charge in [0.05, 0.1) is 40.4 Å². The first kappa shape index (κ1) is 33.0. The van der Waals surface area contributed by atoms with E-state index in [4.69, 9.17) is 24.9 Å². The summed E-state index contributed by atoms with van der Waals surface area (Å²) in [5.74, 6) is 1.87. The van der Waals surface area contributed by atoms with Gasteiger partial charge >= 0.3 is 0 Å². The smallest absolute Gasteiger partial charge is 0.251 e. The molecule has 0 bridgehead atoms. The molecular weight excluding hydrogens is 664 g/mol. The number of thiophene rings is 1. The molecule has 0 unspecified atom stereocenters. The summed E-state index contributed by atoms with van der Waals surface area (Å²) >= 11 is 1.55. The number of ether oxygens (including phenoxy) is 1. The SMILES string of the molecule is COc1cccc2c1CC[C@@H]2Nc1nccc2cc(-c3c(C(N)=O)c(CC(C)C)nc(C[C@H]4CCc5cc(F)ccc54)c3-c3nnc(C)o3)sc12. The van der Waals surface area contributed by atoms with Crippen molar-refractivity contribution in [3.05, 3.63) is 106 Å². The van der Waals surface area contributed by atoms with Crippen LogP contribution >= 0.6 is 11.3 Å². The first-order valence-corrected chi connectivity index (χ1v) is 18.3. The summed E-state index contributed by atoms with van der Waals surface area (Å²) in [6.45, 7) is 5.94. The average Bonchev–Trinajstić information content (AvgIpc) is 3.90. The quantitative estimate of drug-likeness (QED) is 0.145. The second kappa shape index (κ2) is 13.2. The number of pyridine rings is 2. The van der Waals surface area contributed by atoms with Crippen LogP contribution in [0.2, 0.25) is 0 Å².